The SMILES string of the molecule is COc1ccc(OC)c(CCc2coc(N)n2)c1. The first kappa shape index (κ1) is 12.3. The molecule has 0 aliphatic carbocycles. The number of aromatic nitrogens is 1. The monoisotopic (exact) mass is 248 g/mol. The van der Waals surface area contributed by atoms with Gasteiger partial charge in [0.15, 0.2) is 0 Å². The first-order valence-electron chi connectivity index (χ1n) is 5.63. The maximum absolute atomic E-state index is 5.43. The van der Waals surface area contributed by atoms with Crippen molar-refractivity contribution in [1.29, 1.82) is 0 Å². The number of nitrogens with zero attached hydrogens (tertiary/aromatic N) is 1. The van der Waals surface area contributed by atoms with E-state index >= 15 is 0 Å². The summed E-state index contributed by atoms with van der Waals surface area (Å²) in [6.07, 6.45) is 3.10. The van der Waals surface area contributed by atoms with Crippen LogP contribution in [-0.4, -0.2) is 19.2 Å². The van der Waals surface area contributed by atoms with Crippen LogP contribution < -0.4 is 15.2 Å². The Morgan fingerprint density at radius 2 is 2.06 bits per heavy atom. The topological polar surface area (TPSA) is 70.5 Å². The highest BCUT2D eigenvalue weighted by Gasteiger charge is 2.07. The van der Waals surface area contributed by atoms with Gasteiger partial charge in [0.25, 0.3) is 6.01 Å². The minimum absolute atomic E-state index is 0.197. The molecule has 0 fully saturated rings. The van der Waals surface area contributed by atoms with E-state index in [4.69, 9.17) is 19.6 Å². The molecule has 5 heteroatoms. The summed E-state index contributed by atoms with van der Waals surface area (Å²) in [7, 11) is 3.29. The molecule has 0 spiro atoms. The van der Waals surface area contributed by atoms with Crippen molar-refractivity contribution in [1.82, 2.24) is 4.98 Å². The highest BCUT2D eigenvalue weighted by atomic mass is 16.5. The number of oxazole rings is 1. The van der Waals surface area contributed by atoms with E-state index in [2.05, 4.69) is 4.98 Å². The Bertz CT molecular complexity index is 523. The number of nitrogens with two attached hydrogens (primary N) is 1. The number of rotatable bonds is 5. The molecule has 0 radical (unpaired) electrons. The summed E-state index contributed by atoms with van der Waals surface area (Å²) in [5, 5.41) is 0. The van der Waals surface area contributed by atoms with Gasteiger partial charge in [-0.25, -0.2) is 0 Å². The molecule has 5 nitrogen and oxygen atoms in total. The standard InChI is InChI=1S/C13H16N2O3/c1-16-11-5-6-12(17-2)9(7-11)3-4-10-8-18-13(14)15-10/h5-8H,3-4H2,1-2H3,(H2,14,15). The number of aryl methyl sites for hydroxylation is 2. The second-order valence-electron chi connectivity index (χ2n) is 3.85. The van der Waals surface area contributed by atoms with Crippen LogP contribution in [0.1, 0.15) is 11.3 Å². The molecule has 0 aliphatic heterocycles. The van der Waals surface area contributed by atoms with Gasteiger partial charge in [0, 0.05) is 0 Å². The van der Waals surface area contributed by atoms with Crippen LogP contribution in [0.15, 0.2) is 28.9 Å². The summed E-state index contributed by atoms with van der Waals surface area (Å²) in [5.41, 5.74) is 7.33. The predicted octanol–water partition coefficient (Wildman–Crippen LogP) is 2.06. The molecular weight excluding hydrogens is 232 g/mol. The largest absolute Gasteiger partial charge is 0.497 e. The smallest absolute Gasteiger partial charge is 0.292 e. The molecule has 2 N–H and O–H groups in total. The van der Waals surface area contributed by atoms with E-state index in [1.54, 1.807) is 20.5 Å². The first-order chi connectivity index (χ1) is 8.72. The van der Waals surface area contributed by atoms with Gasteiger partial charge >= 0.3 is 0 Å². The molecule has 2 aromatic rings. The molecule has 0 bridgehead atoms. The summed E-state index contributed by atoms with van der Waals surface area (Å²) in [6.45, 7) is 0. The van der Waals surface area contributed by atoms with E-state index in [1.807, 2.05) is 18.2 Å². The van der Waals surface area contributed by atoms with E-state index < -0.39 is 0 Å². The fourth-order valence-corrected chi connectivity index (χ4v) is 1.78. The van der Waals surface area contributed by atoms with Crippen molar-refractivity contribution in [3.63, 3.8) is 0 Å². The van der Waals surface area contributed by atoms with Crippen molar-refractivity contribution in [2.75, 3.05) is 20.0 Å². The van der Waals surface area contributed by atoms with Crippen LogP contribution in [-0.2, 0) is 12.8 Å². The number of nitrogen functional groups attached to an aromatic ring is 1. The third-order valence-electron chi connectivity index (χ3n) is 2.71. The first-order valence-corrected chi connectivity index (χ1v) is 5.63. The molecule has 18 heavy (non-hydrogen) atoms. The third-order valence-corrected chi connectivity index (χ3v) is 2.71. The second-order valence-corrected chi connectivity index (χ2v) is 3.85. The van der Waals surface area contributed by atoms with E-state index in [9.17, 15) is 0 Å². The summed E-state index contributed by atoms with van der Waals surface area (Å²) in [6, 6.07) is 5.92. The molecule has 0 aliphatic rings. The predicted molar refractivity (Wildman–Crippen MR) is 67.9 cm³/mol. The van der Waals surface area contributed by atoms with Gasteiger partial charge in [-0.2, -0.15) is 4.98 Å². The average molecular weight is 248 g/mol. The van der Waals surface area contributed by atoms with Crippen LogP contribution in [0.3, 0.4) is 0 Å². The Morgan fingerprint density at radius 3 is 2.67 bits per heavy atom. The number of methoxy groups -OCH3 is 2. The van der Waals surface area contributed by atoms with Gasteiger partial charge in [-0.1, -0.05) is 0 Å². The Labute approximate surface area is 106 Å². The summed E-state index contributed by atoms with van der Waals surface area (Å²) >= 11 is 0. The van der Waals surface area contributed by atoms with Crippen LogP contribution in [0.25, 0.3) is 0 Å². The highest BCUT2D eigenvalue weighted by Crippen LogP contribution is 2.25. The fraction of sp³-hybridized carbons (Fsp3) is 0.308. The van der Waals surface area contributed by atoms with Crippen molar-refractivity contribution in [2.45, 2.75) is 12.8 Å². The molecule has 96 valence electrons. The average Bonchev–Trinajstić information content (AvgIpc) is 2.81. The Morgan fingerprint density at radius 1 is 1.22 bits per heavy atom. The minimum atomic E-state index is 0.197. The maximum Gasteiger partial charge on any atom is 0.292 e. The normalized spacial score (nSPS) is 10.3. The van der Waals surface area contributed by atoms with Crippen LogP contribution in [0, 0.1) is 0 Å². The number of hydrogen-bond donors (Lipinski definition) is 1. The number of anilines is 1. The number of benzene rings is 1. The van der Waals surface area contributed by atoms with Gasteiger partial charge < -0.3 is 19.6 Å². The molecule has 1 aromatic heterocycles. The maximum atomic E-state index is 5.43. The van der Waals surface area contributed by atoms with Crippen LogP contribution >= 0.6 is 0 Å². The lowest BCUT2D eigenvalue weighted by Crippen LogP contribution is -1.97. The summed E-state index contributed by atoms with van der Waals surface area (Å²) in [4.78, 5) is 4.06. The van der Waals surface area contributed by atoms with Crippen molar-refractivity contribution < 1.29 is 13.9 Å². The van der Waals surface area contributed by atoms with Crippen molar-refractivity contribution >= 4 is 6.01 Å². The summed E-state index contributed by atoms with van der Waals surface area (Å²) < 4.78 is 15.5. The van der Waals surface area contributed by atoms with Crippen LogP contribution in [0.2, 0.25) is 0 Å². The number of hydrogen-bond acceptors (Lipinski definition) is 5. The van der Waals surface area contributed by atoms with Crippen LogP contribution in [0.4, 0.5) is 6.01 Å². The molecule has 0 atom stereocenters. The van der Waals surface area contributed by atoms with Gasteiger partial charge in [-0.3, -0.25) is 0 Å². The molecule has 0 saturated heterocycles. The minimum Gasteiger partial charge on any atom is -0.497 e. The highest BCUT2D eigenvalue weighted by molar-refractivity contribution is 5.40. The lowest BCUT2D eigenvalue weighted by Gasteiger charge is -2.09. The van der Waals surface area contributed by atoms with E-state index in [0.717, 1.165) is 35.6 Å². The second kappa shape index (κ2) is 5.44. The number of ether oxygens (including phenoxy) is 2. The zero-order chi connectivity index (χ0) is 13.0. The van der Waals surface area contributed by atoms with Crippen LogP contribution in [0.5, 0.6) is 11.5 Å². The van der Waals surface area contributed by atoms with E-state index in [0.29, 0.717) is 0 Å². The summed E-state index contributed by atoms with van der Waals surface area (Å²) in [5.74, 6) is 1.65. The fourth-order valence-electron chi connectivity index (χ4n) is 1.78. The van der Waals surface area contributed by atoms with Crippen molar-refractivity contribution in [2.24, 2.45) is 0 Å². The van der Waals surface area contributed by atoms with E-state index in [1.165, 1.54) is 0 Å². The lowest BCUT2D eigenvalue weighted by atomic mass is 10.1. The molecule has 1 heterocycles. The van der Waals surface area contributed by atoms with Gasteiger partial charge in [0.1, 0.15) is 17.8 Å². The molecule has 1 aromatic carbocycles. The third kappa shape index (κ3) is 2.74. The zero-order valence-electron chi connectivity index (χ0n) is 10.5. The van der Waals surface area contributed by atoms with Gasteiger partial charge in [0.2, 0.25) is 0 Å². The quantitative estimate of drug-likeness (QED) is 0.877. The van der Waals surface area contributed by atoms with Gasteiger partial charge in [-0.15, -0.1) is 0 Å². The molecule has 0 unspecified atom stereocenters. The Hall–Kier alpha value is -2.17. The molecule has 0 amide bonds. The Kier molecular flexibility index (Phi) is 3.72. The van der Waals surface area contributed by atoms with Gasteiger partial charge in [0.05, 0.1) is 19.9 Å². The Balaban J connectivity index is 2.11. The molecule has 2 rings (SSSR count). The molecule has 0 saturated carbocycles. The van der Waals surface area contributed by atoms with Gasteiger partial charge in [-0.05, 0) is 36.6 Å². The van der Waals surface area contributed by atoms with Crippen molar-refractivity contribution in [3.8, 4) is 11.5 Å². The lowest BCUT2D eigenvalue weighted by molar-refractivity contribution is 0.398. The molecular formula is C13H16N2O3. The van der Waals surface area contributed by atoms with E-state index in [-0.39, 0.29) is 6.01 Å². The van der Waals surface area contributed by atoms with Crippen molar-refractivity contribution in [3.05, 3.63) is 35.7 Å². The zero-order valence-corrected chi connectivity index (χ0v) is 10.5.